The van der Waals surface area contributed by atoms with Gasteiger partial charge in [0, 0.05) is 22.1 Å². The van der Waals surface area contributed by atoms with E-state index >= 15 is 0 Å². The van der Waals surface area contributed by atoms with Gasteiger partial charge in [0.1, 0.15) is 17.9 Å². The third kappa shape index (κ3) is 3.74. The van der Waals surface area contributed by atoms with Crippen LogP contribution in [0, 0.1) is 20.8 Å². The fourth-order valence-corrected chi connectivity index (χ4v) is 4.06. The molecule has 0 amide bonds. The predicted octanol–water partition coefficient (Wildman–Crippen LogP) is 4.31. The molecule has 158 valence electrons. The monoisotopic (exact) mass is 414 g/mol. The highest BCUT2D eigenvalue weighted by Crippen LogP contribution is 2.42. The lowest BCUT2D eigenvalue weighted by atomic mass is 9.89. The molecule has 2 aliphatic rings. The molecule has 1 aliphatic heterocycles. The first-order valence-electron chi connectivity index (χ1n) is 10.8. The number of benzene rings is 3. The average molecular weight is 415 g/mol. The number of aryl methyl sites for hydroxylation is 3. The zero-order chi connectivity index (χ0) is 22.1. The van der Waals surface area contributed by atoms with Crippen molar-refractivity contribution in [3.63, 3.8) is 0 Å². The van der Waals surface area contributed by atoms with Crippen LogP contribution in [0.5, 0.6) is 0 Å². The first kappa shape index (κ1) is 20.9. The number of carbonyl (C=O) groups excluding carboxylic acids is 1. The Kier molecular flexibility index (Phi) is 5.64. The molecule has 2 aromatic carbocycles. The summed E-state index contributed by atoms with van der Waals surface area (Å²) in [5.74, 6) is 0.469. The van der Waals surface area contributed by atoms with Crippen molar-refractivity contribution >= 4 is 16.9 Å². The quantitative estimate of drug-likeness (QED) is 0.400. The standard InChI is InChI=1S/C27H27NO3/c1-6-28-23-15-25-22(13-18(23)5)26(21-12-16(3)17(4)14-24(21)31-25)19-10-8-9-11-20(19)27(29)30-7-2/h8-15H,6-7H2,1-5H3/p+1. The molecule has 4 rings (SSSR count). The van der Waals surface area contributed by atoms with Gasteiger partial charge in [-0.25, -0.2) is 9.79 Å². The molecular formula is C27H28NO3+. The number of carbonyl (C=O) groups is 1. The first-order valence-corrected chi connectivity index (χ1v) is 10.8. The van der Waals surface area contributed by atoms with E-state index in [2.05, 4.69) is 57.0 Å². The molecule has 0 saturated heterocycles. The molecule has 0 radical (unpaired) electrons. The van der Waals surface area contributed by atoms with Crippen molar-refractivity contribution in [1.29, 1.82) is 0 Å². The van der Waals surface area contributed by atoms with Crippen molar-refractivity contribution < 1.29 is 18.9 Å². The highest BCUT2D eigenvalue weighted by atomic mass is 16.5. The summed E-state index contributed by atoms with van der Waals surface area (Å²) in [5.41, 5.74) is 7.66. The summed E-state index contributed by atoms with van der Waals surface area (Å²) in [4.78, 5) is 16.2. The Morgan fingerprint density at radius 3 is 2.42 bits per heavy atom. The van der Waals surface area contributed by atoms with Gasteiger partial charge in [0.15, 0.2) is 0 Å². The van der Waals surface area contributed by atoms with Crippen LogP contribution in [0.4, 0.5) is 0 Å². The number of rotatable bonds is 4. The van der Waals surface area contributed by atoms with Crippen molar-refractivity contribution in [2.24, 2.45) is 0 Å². The molecule has 2 aromatic rings. The van der Waals surface area contributed by atoms with Gasteiger partial charge in [0.2, 0.25) is 5.36 Å². The maximum Gasteiger partial charge on any atom is 0.338 e. The van der Waals surface area contributed by atoms with E-state index in [4.69, 9.17) is 9.15 Å². The van der Waals surface area contributed by atoms with Crippen molar-refractivity contribution in [2.75, 3.05) is 13.2 Å². The number of hydrogen-bond donors (Lipinski definition) is 1. The first-order chi connectivity index (χ1) is 14.9. The van der Waals surface area contributed by atoms with Crippen LogP contribution in [-0.4, -0.2) is 19.1 Å². The summed E-state index contributed by atoms with van der Waals surface area (Å²) in [6.45, 7) is 11.3. The third-order valence-corrected chi connectivity index (χ3v) is 5.74. The van der Waals surface area contributed by atoms with Gasteiger partial charge >= 0.3 is 5.97 Å². The van der Waals surface area contributed by atoms with Crippen molar-refractivity contribution in [3.05, 3.63) is 76.1 Å². The summed E-state index contributed by atoms with van der Waals surface area (Å²) >= 11 is 0. The van der Waals surface area contributed by atoms with Crippen LogP contribution >= 0.6 is 0 Å². The van der Waals surface area contributed by atoms with Crippen molar-refractivity contribution in [2.45, 2.75) is 34.6 Å². The van der Waals surface area contributed by atoms with E-state index in [0.717, 1.165) is 50.9 Å². The minimum atomic E-state index is -0.315. The number of hydrogen-bond acceptors (Lipinski definition) is 3. The smallest absolute Gasteiger partial charge is 0.338 e. The second kappa shape index (κ2) is 8.38. The van der Waals surface area contributed by atoms with Gasteiger partial charge < -0.3 is 9.15 Å². The molecule has 4 nitrogen and oxygen atoms in total. The van der Waals surface area contributed by atoms with E-state index in [1.54, 1.807) is 0 Å². The van der Waals surface area contributed by atoms with Crippen LogP contribution in [0.3, 0.4) is 0 Å². The molecule has 0 fully saturated rings. The Morgan fingerprint density at radius 2 is 1.68 bits per heavy atom. The Morgan fingerprint density at radius 1 is 0.935 bits per heavy atom. The highest BCUT2D eigenvalue weighted by Gasteiger charge is 2.23. The van der Waals surface area contributed by atoms with Crippen LogP contribution in [0.2, 0.25) is 0 Å². The Hall–Kier alpha value is -3.40. The molecule has 0 spiro atoms. The summed E-state index contributed by atoms with van der Waals surface area (Å²) in [7, 11) is 0. The predicted molar refractivity (Wildman–Crippen MR) is 123 cm³/mol. The molecule has 4 heteroatoms. The lowest BCUT2D eigenvalue weighted by Crippen LogP contribution is -2.76. The SMILES string of the molecule is CC[NH+]=c1cc2oc3cc(C)c(C)cc3c(-c3ccccc3C(=O)OCC)c-2cc1C. The van der Waals surface area contributed by atoms with Crippen LogP contribution in [-0.2, 0) is 4.74 Å². The lowest BCUT2D eigenvalue weighted by molar-refractivity contribution is -0.496. The summed E-state index contributed by atoms with van der Waals surface area (Å²) in [5, 5.41) is 2.04. The van der Waals surface area contributed by atoms with Gasteiger partial charge in [-0.15, -0.1) is 0 Å². The maximum atomic E-state index is 12.8. The zero-order valence-corrected chi connectivity index (χ0v) is 18.8. The van der Waals surface area contributed by atoms with Crippen LogP contribution in [0.15, 0.2) is 52.9 Å². The van der Waals surface area contributed by atoms with E-state index in [9.17, 15) is 4.79 Å². The van der Waals surface area contributed by atoms with Gasteiger partial charge in [-0.3, -0.25) is 0 Å². The summed E-state index contributed by atoms with van der Waals surface area (Å²) < 4.78 is 11.7. The molecule has 0 aromatic heterocycles. The van der Waals surface area contributed by atoms with Gasteiger partial charge in [-0.05, 0) is 75.6 Å². The number of nitrogens with one attached hydrogen (secondary N) is 1. The second-order valence-electron chi connectivity index (χ2n) is 7.87. The van der Waals surface area contributed by atoms with Crippen LogP contribution in [0.25, 0.3) is 33.4 Å². The van der Waals surface area contributed by atoms with Crippen LogP contribution in [0.1, 0.15) is 40.9 Å². The molecule has 31 heavy (non-hydrogen) atoms. The van der Waals surface area contributed by atoms with E-state index in [1.165, 1.54) is 11.1 Å². The lowest BCUT2D eigenvalue weighted by Gasteiger charge is -2.18. The number of fused-ring (bicyclic) bond motifs is 2. The topological polar surface area (TPSA) is 53.4 Å². The Bertz CT molecular complexity index is 1330. The molecule has 0 bridgehead atoms. The largest absolute Gasteiger partial charge is 0.462 e. The Balaban J connectivity index is 2.17. The van der Waals surface area contributed by atoms with E-state index in [0.29, 0.717) is 12.2 Å². The fraction of sp³-hybridized carbons (Fsp3) is 0.259. The van der Waals surface area contributed by atoms with Gasteiger partial charge in [-0.2, -0.15) is 0 Å². The molecule has 0 unspecified atom stereocenters. The summed E-state index contributed by atoms with van der Waals surface area (Å²) in [6.07, 6.45) is 0. The third-order valence-electron chi connectivity index (χ3n) is 5.74. The van der Waals surface area contributed by atoms with Crippen LogP contribution < -0.4 is 10.3 Å². The van der Waals surface area contributed by atoms with E-state index < -0.39 is 0 Å². The minimum Gasteiger partial charge on any atom is -0.462 e. The molecule has 1 N–H and O–H groups in total. The normalized spacial score (nSPS) is 12.0. The van der Waals surface area contributed by atoms with E-state index in [-0.39, 0.29) is 5.97 Å². The highest BCUT2D eigenvalue weighted by molar-refractivity contribution is 6.08. The zero-order valence-electron chi connectivity index (χ0n) is 18.8. The summed E-state index contributed by atoms with van der Waals surface area (Å²) in [6, 6.07) is 16.1. The van der Waals surface area contributed by atoms with E-state index in [1.807, 2.05) is 31.2 Å². The number of esters is 1. The van der Waals surface area contributed by atoms with Gasteiger partial charge in [-0.1, -0.05) is 18.2 Å². The molecule has 1 aliphatic carbocycles. The van der Waals surface area contributed by atoms with Crippen molar-refractivity contribution in [1.82, 2.24) is 0 Å². The average Bonchev–Trinajstić information content (AvgIpc) is 2.75. The van der Waals surface area contributed by atoms with Gasteiger partial charge in [0.25, 0.3) is 0 Å². The molecular weight excluding hydrogens is 386 g/mol. The van der Waals surface area contributed by atoms with Gasteiger partial charge in [0.05, 0.1) is 18.2 Å². The Labute approximate surface area is 182 Å². The second-order valence-corrected chi connectivity index (χ2v) is 7.87. The fourth-order valence-electron chi connectivity index (χ4n) is 4.06. The van der Waals surface area contributed by atoms with Crippen molar-refractivity contribution in [3.8, 4) is 22.5 Å². The minimum absolute atomic E-state index is 0.315. The molecule has 0 atom stereocenters. The maximum absolute atomic E-state index is 12.8. The molecule has 1 heterocycles. The molecule has 0 saturated carbocycles. The number of ether oxygens (including phenoxy) is 1.